The minimum atomic E-state index is -0.879. The maximum atomic E-state index is 10.0. The third-order valence-corrected chi connectivity index (χ3v) is 4.44. The highest BCUT2D eigenvalue weighted by Crippen LogP contribution is 2.24. The molecule has 2 nitrogen and oxygen atoms in total. The molecule has 0 amide bonds. The molecule has 0 spiro atoms. The molecule has 1 aromatic rings. The lowest BCUT2D eigenvalue weighted by Crippen LogP contribution is -2.43. The molecular weight excluding hydrogens is 254 g/mol. The van der Waals surface area contributed by atoms with Crippen LogP contribution in [0.1, 0.15) is 25.3 Å². The van der Waals surface area contributed by atoms with E-state index in [0.717, 1.165) is 25.4 Å². The maximum absolute atomic E-state index is 10.0. The fourth-order valence-corrected chi connectivity index (χ4v) is 3.13. The molecule has 0 saturated carbocycles. The lowest BCUT2D eigenvalue weighted by Gasteiger charge is -2.35. The standard InChI is InChI=1S/C16H21NOS/c1-3-16(18)8-10-17(11-9-16)13-14-6-5-7-15(12-14)19-4-2/h1,5-7,12,18H,4,8-11,13H2,2H3. The topological polar surface area (TPSA) is 23.5 Å². The fraction of sp³-hybridized carbons (Fsp3) is 0.500. The van der Waals surface area contributed by atoms with Gasteiger partial charge in [-0.25, -0.2) is 0 Å². The average molecular weight is 275 g/mol. The lowest BCUT2D eigenvalue weighted by atomic mass is 9.92. The van der Waals surface area contributed by atoms with E-state index in [1.54, 1.807) is 0 Å². The monoisotopic (exact) mass is 275 g/mol. The van der Waals surface area contributed by atoms with Crippen molar-refractivity contribution in [1.29, 1.82) is 0 Å². The van der Waals surface area contributed by atoms with E-state index in [2.05, 4.69) is 42.0 Å². The third-order valence-electron chi connectivity index (χ3n) is 3.57. The van der Waals surface area contributed by atoms with Crippen LogP contribution in [-0.2, 0) is 6.54 Å². The zero-order valence-corrected chi connectivity index (χ0v) is 12.2. The summed E-state index contributed by atoms with van der Waals surface area (Å²) in [4.78, 5) is 3.69. The molecule has 3 heteroatoms. The van der Waals surface area contributed by atoms with E-state index < -0.39 is 5.60 Å². The highest BCUT2D eigenvalue weighted by Gasteiger charge is 2.29. The van der Waals surface area contributed by atoms with Crippen LogP contribution in [0.15, 0.2) is 29.2 Å². The van der Waals surface area contributed by atoms with Crippen LogP contribution < -0.4 is 0 Å². The first-order valence-electron chi connectivity index (χ1n) is 6.79. The number of hydrogen-bond donors (Lipinski definition) is 1. The predicted octanol–water partition coefficient (Wildman–Crippen LogP) is 2.76. The Balaban J connectivity index is 1.92. The van der Waals surface area contributed by atoms with Crippen molar-refractivity contribution in [3.8, 4) is 12.3 Å². The molecule has 1 fully saturated rings. The van der Waals surface area contributed by atoms with Gasteiger partial charge in [-0.3, -0.25) is 4.90 Å². The molecule has 0 atom stereocenters. The van der Waals surface area contributed by atoms with Gasteiger partial charge in [-0.05, 0) is 23.4 Å². The summed E-state index contributed by atoms with van der Waals surface area (Å²) >= 11 is 1.87. The van der Waals surface area contributed by atoms with Gasteiger partial charge in [-0.1, -0.05) is 25.0 Å². The Kier molecular flexibility index (Phi) is 4.93. The third kappa shape index (κ3) is 4.01. The molecule has 1 saturated heterocycles. The molecule has 2 rings (SSSR count). The molecule has 1 aromatic carbocycles. The van der Waals surface area contributed by atoms with E-state index >= 15 is 0 Å². The largest absolute Gasteiger partial charge is 0.378 e. The zero-order valence-electron chi connectivity index (χ0n) is 11.4. The molecule has 0 unspecified atom stereocenters. The van der Waals surface area contributed by atoms with Crippen molar-refractivity contribution in [2.24, 2.45) is 0 Å². The maximum Gasteiger partial charge on any atom is 0.127 e. The second-order valence-electron chi connectivity index (χ2n) is 5.03. The van der Waals surface area contributed by atoms with E-state index in [1.165, 1.54) is 10.5 Å². The number of piperidine rings is 1. The zero-order chi connectivity index (χ0) is 13.7. The number of terminal acetylenes is 1. The molecule has 0 aliphatic carbocycles. The molecule has 1 heterocycles. The first-order chi connectivity index (χ1) is 9.15. The number of benzene rings is 1. The van der Waals surface area contributed by atoms with E-state index in [-0.39, 0.29) is 0 Å². The first-order valence-corrected chi connectivity index (χ1v) is 7.78. The Morgan fingerprint density at radius 1 is 1.42 bits per heavy atom. The number of hydrogen-bond acceptors (Lipinski definition) is 3. The van der Waals surface area contributed by atoms with Crippen LogP contribution in [0.4, 0.5) is 0 Å². The molecule has 1 aliphatic rings. The molecular formula is C16H21NOS. The van der Waals surface area contributed by atoms with E-state index in [1.807, 2.05) is 11.8 Å². The van der Waals surface area contributed by atoms with Gasteiger partial charge in [0.25, 0.3) is 0 Å². The van der Waals surface area contributed by atoms with Crippen molar-refractivity contribution < 1.29 is 5.11 Å². The van der Waals surface area contributed by atoms with Crippen LogP contribution >= 0.6 is 11.8 Å². The Hall–Kier alpha value is -0.950. The Morgan fingerprint density at radius 2 is 2.16 bits per heavy atom. The van der Waals surface area contributed by atoms with Crippen molar-refractivity contribution in [2.45, 2.75) is 36.8 Å². The first kappa shape index (κ1) is 14.5. The number of nitrogens with zero attached hydrogens (tertiary/aromatic N) is 1. The molecule has 0 bridgehead atoms. The van der Waals surface area contributed by atoms with Crippen molar-refractivity contribution in [3.05, 3.63) is 29.8 Å². The summed E-state index contributed by atoms with van der Waals surface area (Å²) in [7, 11) is 0. The highest BCUT2D eigenvalue weighted by molar-refractivity contribution is 7.99. The molecule has 1 aliphatic heterocycles. The summed E-state index contributed by atoms with van der Waals surface area (Å²) in [6.45, 7) is 4.85. The van der Waals surface area contributed by atoms with Crippen molar-refractivity contribution in [3.63, 3.8) is 0 Å². The minimum Gasteiger partial charge on any atom is -0.378 e. The van der Waals surface area contributed by atoms with Crippen LogP contribution in [0.3, 0.4) is 0 Å². The normalized spacial score (nSPS) is 19.0. The predicted molar refractivity (Wildman–Crippen MR) is 81.1 cm³/mol. The molecule has 19 heavy (non-hydrogen) atoms. The van der Waals surface area contributed by atoms with Gasteiger partial charge >= 0.3 is 0 Å². The lowest BCUT2D eigenvalue weighted by molar-refractivity contribution is 0.0248. The fourth-order valence-electron chi connectivity index (χ4n) is 2.38. The van der Waals surface area contributed by atoms with Gasteiger partial charge in [0.2, 0.25) is 0 Å². The van der Waals surface area contributed by atoms with Crippen molar-refractivity contribution in [2.75, 3.05) is 18.8 Å². The number of aliphatic hydroxyl groups is 1. The van der Waals surface area contributed by atoms with Crippen molar-refractivity contribution in [1.82, 2.24) is 4.90 Å². The minimum absolute atomic E-state index is 0.674. The number of likely N-dealkylation sites (tertiary alicyclic amines) is 1. The van der Waals surface area contributed by atoms with Crippen LogP contribution in [0.2, 0.25) is 0 Å². The summed E-state index contributed by atoms with van der Waals surface area (Å²) < 4.78 is 0. The Morgan fingerprint density at radius 3 is 2.79 bits per heavy atom. The van der Waals surface area contributed by atoms with Gasteiger partial charge in [0.05, 0.1) is 0 Å². The van der Waals surface area contributed by atoms with Gasteiger partial charge in [0.1, 0.15) is 5.60 Å². The summed E-state index contributed by atoms with van der Waals surface area (Å²) in [5.74, 6) is 3.62. The number of rotatable bonds is 4. The smallest absolute Gasteiger partial charge is 0.127 e. The summed E-state index contributed by atoms with van der Waals surface area (Å²) in [6.07, 6.45) is 6.71. The second kappa shape index (κ2) is 6.47. The van der Waals surface area contributed by atoms with Gasteiger partial charge in [0.15, 0.2) is 0 Å². The van der Waals surface area contributed by atoms with E-state index in [9.17, 15) is 5.11 Å². The SMILES string of the molecule is C#CC1(O)CCN(Cc2cccc(SCC)c2)CC1. The molecule has 0 aromatic heterocycles. The van der Waals surface area contributed by atoms with Crippen LogP contribution in [0, 0.1) is 12.3 Å². The van der Waals surface area contributed by atoms with E-state index in [4.69, 9.17) is 6.42 Å². The van der Waals surface area contributed by atoms with E-state index in [0.29, 0.717) is 12.8 Å². The van der Waals surface area contributed by atoms with Crippen LogP contribution in [0.5, 0.6) is 0 Å². The summed E-state index contributed by atoms with van der Waals surface area (Å²) in [6, 6.07) is 8.71. The highest BCUT2D eigenvalue weighted by atomic mass is 32.2. The average Bonchev–Trinajstić information content (AvgIpc) is 2.43. The van der Waals surface area contributed by atoms with Crippen LogP contribution in [0.25, 0.3) is 0 Å². The summed E-state index contributed by atoms with van der Waals surface area (Å²) in [5, 5.41) is 10.0. The van der Waals surface area contributed by atoms with Gasteiger partial charge in [0, 0.05) is 37.4 Å². The van der Waals surface area contributed by atoms with Gasteiger partial charge in [-0.2, -0.15) is 0 Å². The van der Waals surface area contributed by atoms with Crippen molar-refractivity contribution >= 4 is 11.8 Å². The van der Waals surface area contributed by atoms with Gasteiger partial charge < -0.3 is 5.11 Å². The Bertz CT molecular complexity index is 458. The second-order valence-corrected chi connectivity index (χ2v) is 6.37. The number of thioether (sulfide) groups is 1. The van der Waals surface area contributed by atoms with Gasteiger partial charge in [-0.15, -0.1) is 18.2 Å². The Labute approximate surface area is 120 Å². The molecule has 0 radical (unpaired) electrons. The quantitative estimate of drug-likeness (QED) is 0.675. The summed E-state index contributed by atoms with van der Waals surface area (Å²) in [5.41, 5.74) is 0.459. The van der Waals surface area contributed by atoms with Crippen LogP contribution in [-0.4, -0.2) is 34.4 Å². The molecule has 102 valence electrons. The molecule has 1 N–H and O–H groups in total.